The van der Waals surface area contributed by atoms with E-state index in [0.717, 1.165) is 0 Å². The van der Waals surface area contributed by atoms with E-state index in [9.17, 15) is 22.8 Å². The minimum Gasteiger partial charge on any atom is -0.481 e. The van der Waals surface area contributed by atoms with Gasteiger partial charge in [-0.2, -0.15) is 13.2 Å². The third-order valence-electron chi connectivity index (χ3n) is 3.86. The van der Waals surface area contributed by atoms with Crippen molar-refractivity contribution in [3.05, 3.63) is 0 Å². The van der Waals surface area contributed by atoms with Crippen LogP contribution in [0.5, 0.6) is 0 Å². The summed E-state index contributed by atoms with van der Waals surface area (Å²) in [6, 6.07) is -0.391. The summed E-state index contributed by atoms with van der Waals surface area (Å²) in [6.07, 6.45) is -3.00. The van der Waals surface area contributed by atoms with Crippen LogP contribution in [0.4, 0.5) is 18.0 Å². The van der Waals surface area contributed by atoms with Crippen molar-refractivity contribution in [3.63, 3.8) is 0 Å². The lowest BCUT2D eigenvalue weighted by molar-refractivity contribution is -0.163. The molecule has 0 aromatic heterocycles. The van der Waals surface area contributed by atoms with E-state index in [0.29, 0.717) is 25.7 Å². The van der Waals surface area contributed by atoms with Crippen LogP contribution in [-0.4, -0.2) is 46.9 Å². The molecular weight excluding hydrogens is 279 g/mol. The predicted molar refractivity (Wildman–Crippen MR) is 61.0 cm³/mol. The monoisotopic (exact) mass is 295 g/mol. The molecule has 2 bridgehead atoms. The van der Waals surface area contributed by atoms with Crippen molar-refractivity contribution in [1.82, 2.24) is 4.90 Å². The fourth-order valence-corrected chi connectivity index (χ4v) is 3.22. The SMILES string of the molecule is O=C(O)CC1CC2CCC(C1)N2C(=O)OCC(F)(F)F. The van der Waals surface area contributed by atoms with Crippen molar-refractivity contribution in [3.8, 4) is 0 Å². The number of hydrogen-bond donors (Lipinski definition) is 1. The highest BCUT2D eigenvalue weighted by Crippen LogP contribution is 2.40. The molecule has 2 aliphatic heterocycles. The molecule has 1 amide bonds. The normalized spacial score (nSPS) is 29.4. The third-order valence-corrected chi connectivity index (χ3v) is 3.86. The number of ether oxygens (including phenoxy) is 1. The molecule has 2 unspecified atom stereocenters. The van der Waals surface area contributed by atoms with Crippen LogP contribution >= 0.6 is 0 Å². The van der Waals surface area contributed by atoms with Crippen LogP contribution in [0, 0.1) is 5.92 Å². The molecule has 2 rings (SSSR count). The average molecular weight is 295 g/mol. The van der Waals surface area contributed by atoms with E-state index in [1.807, 2.05) is 0 Å². The number of piperidine rings is 1. The van der Waals surface area contributed by atoms with Gasteiger partial charge in [0.1, 0.15) is 0 Å². The van der Waals surface area contributed by atoms with Gasteiger partial charge in [0.25, 0.3) is 0 Å². The van der Waals surface area contributed by atoms with Gasteiger partial charge in [-0.05, 0) is 31.6 Å². The molecule has 0 spiro atoms. The van der Waals surface area contributed by atoms with E-state index in [4.69, 9.17) is 5.11 Å². The highest BCUT2D eigenvalue weighted by molar-refractivity contribution is 5.70. The molecule has 2 fully saturated rings. The predicted octanol–water partition coefficient (Wildman–Crippen LogP) is 2.40. The second kappa shape index (κ2) is 5.49. The number of carbonyl (C=O) groups excluding carboxylic acids is 1. The van der Waals surface area contributed by atoms with Gasteiger partial charge >= 0.3 is 18.2 Å². The lowest BCUT2D eigenvalue weighted by Gasteiger charge is -2.37. The number of carboxylic acid groups (broad SMARTS) is 1. The molecule has 114 valence electrons. The number of alkyl halides is 3. The van der Waals surface area contributed by atoms with E-state index >= 15 is 0 Å². The summed E-state index contributed by atoms with van der Waals surface area (Å²) in [4.78, 5) is 23.8. The summed E-state index contributed by atoms with van der Waals surface area (Å²) in [6.45, 7) is -1.58. The maximum absolute atomic E-state index is 12.0. The van der Waals surface area contributed by atoms with Gasteiger partial charge in [0.05, 0.1) is 0 Å². The first-order valence-corrected chi connectivity index (χ1v) is 6.50. The second-order valence-electron chi connectivity index (χ2n) is 5.40. The number of aliphatic carboxylic acids is 1. The Labute approximate surface area is 113 Å². The Morgan fingerprint density at radius 1 is 1.20 bits per heavy atom. The summed E-state index contributed by atoms with van der Waals surface area (Å²) in [5.41, 5.74) is 0. The minimum absolute atomic E-state index is 0.0170. The highest BCUT2D eigenvalue weighted by Gasteiger charge is 2.45. The average Bonchev–Trinajstić information content (AvgIpc) is 2.56. The first kappa shape index (κ1) is 14.9. The van der Waals surface area contributed by atoms with Gasteiger partial charge in [0.15, 0.2) is 6.61 Å². The van der Waals surface area contributed by atoms with Crippen LogP contribution in [0.25, 0.3) is 0 Å². The van der Waals surface area contributed by atoms with E-state index in [2.05, 4.69) is 4.74 Å². The molecule has 2 saturated heterocycles. The van der Waals surface area contributed by atoms with Gasteiger partial charge in [0.2, 0.25) is 0 Å². The zero-order valence-corrected chi connectivity index (χ0v) is 10.7. The number of fused-ring (bicyclic) bond motifs is 2. The molecular formula is C12H16F3NO4. The maximum Gasteiger partial charge on any atom is 0.422 e. The molecule has 2 heterocycles. The van der Waals surface area contributed by atoms with Crippen LogP contribution in [0.15, 0.2) is 0 Å². The van der Waals surface area contributed by atoms with Crippen molar-refractivity contribution in [2.24, 2.45) is 5.92 Å². The molecule has 2 aliphatic rings. The van der Waals surface area contributed by atoms with E-state index in [-0.39, 0.29) is 24.4 Å². The number of rotatable bonds is 3. The highest BCUT2D eigenvalue weighted by atomic mass is 19.4. The molecule has 1 N–H and O–H groups in total. The Hall–Kier alpha value is -1.47. The van der Waals surface area contributed by atoms with Crippen molar-refractivity contribution >= 4 is 12.1 Å². The van der Waals surface area contributed by atoms with Crippen molar-refractivity contribution in [2.45, 2.75) is 50.4 Å². The molecule has 8 heteroatoms. The maximum atomic E-state index is 12.0. The zero-order chi connectivity index (χ0) is 14.9. The quantitative estimate of drug-likeness (QED) is 0.868. The van der Waals surface area contributed by atoms with Gasteiger partial charge in [-0.25, -0.2) is 4.79 Å². The summed E-state index contributed by atoms with van der Waals surface area (Å²) >= 11 is 0. The van der Waals surface area contributed by atoms with Crippen LogP contribution in [0.2, 0.25) is 0 Å². The number of halogens is 3. The first-order chi connectivity index (χ1) is 9.26. The lowest BCUT2D eigenvalue weighted by Crippen LogP contribution is -2.47. The molecule has 0 aromatic rings. The van der Waals surface area contributed by atoms with Crippen LogP contribution < -0.4 is 0 Å². The number of hydrogen-bond acceptors (Lipinski definition) is 3. The summed E-state index contributed by atoms with van der Waals surface area (Å²) in [5, 5.41) is 8.78. The Morgan fingerprint density at radius 2 is 1.75 bits per heavy atom. The minimum atomic E-state index is -4.53. The number of nitrogens with zero attached hydrogens (tertiary/aromatic N) is 1. The fourth-order valence-electron chi connectivity index (χ4n) is 3.22. The summed E-state index contributed by atoms with van der Waals surface area (Å²) in [5.74, 6) is -0.904. The van der Waals surface area contributed by atoms with Gasteiger partial charge < -0.3 is 14.7 Å². The largest absolute Gasteiger partial charge is 0.481 e. The van der Waals surface area contributed by atoms with E-state index in [1.165, 1.54) is 4.90 Å². The lowest BCUT2D eigenvalue weighted by atomic mass is 9.88. The molecule has 2 atom stereocenters. The molecule has 0 aliphatic carbocycles. The van der Waals surface area contributed by atoms with E-state index < -0.39 is 24.8 Å². The first-order valence-electron chi connectivity index (χ1n) is 6.50. The summed E-state index contributed by atoms with van der Waals surface area (Å²) < 4.78 is 40.4. The second-order valence-corrected chi connectivity index (χ2v) is 5.40. The fraction of sp³-hybridized carbons (Fsp3) is 0.833. The Kier molecular flexibility index (Phi) is 4.10. The zero-order valence-electron chi connectivity index (χ0n) is 10.7. The van der Waals surface area contributed by atoms with E-state index in [1.54, 1.807) is 0 Å². The van der Waals surface area contributed by atoms with Crippen LogP contribution in [0.3, 0.4) is 0 Å². The molecule has 20 heavy (non-hydrogen) atoms. The summed E-state index contributed by atoms with van der Waals surface area (Å²) in [7, 11) is 0. The van der Waals surface area contributed by atoms with Crippen LogP contribution in [0.1, 0.15) is 32.1 Å². The van der Waals surface area contributed by atoms with Gasteiger partial charge in [0, 0.05) is 18.5 Å². The Bertz CT molecular complexity index is 385. The molecule has 0 saturated carbocycles. The standard InChI is InChI=1S/C12H16F3NO4/c13-12(14,15)6-20-11(19)16-8-1-2-9(16)4-7(3-8)5-10(17)18/h7-9H,1-6H2,(H,17,18). The van der Waals surface area contributed by atoms with Crippen molar-refractivity contribution in [1.29, 1.82) is 0 Å². The molecule has 0 aromatic carbocycles. The van der Waals surface area contributed by atoms with Gasteiger partial charge in [-0.3, -0.25) is 4.79 Å². The smallest absolute Gasteiger partial charge is 0.422 e. The van der Waals surface area contributed by atoms with Crippen molar-refractivity contribution in [2.75, 3.05) is 6.61 Å². The van der Waals surface area contributed by atoms with Crippen molar-refractivity contribution < 1.29 is 32.6 Å². The molecule has 0 radical (unpaired) electrons. The van der Waals surface area contributed by atoms with Crippen LogP contribution in [-0.2, 0) is 9.53 Å². The number of carboxylic acids is 1. The molecule has 5 nitrogen and oxygen atoms in total. The van der Waals surface area contributed by atoms with Gasteiger partial charge in [-0.15, -0.1) is 0 Å². The Balaban J connectivity index is 1.92. The Morgan fingerprint density at radius 3 is 2.20 bits per heavy atom. The number of carbonyl (C=O) groups is 2. The number of amides is 1. The topological polar surface area (TPSA) is 66.8 Å². The third kappa shape index (κ3) is 3.55. The van der Waals surface area contributed by atoms with Gasteiger partial charge in [-0.1, -0.05) is 0 Å².